The first kappa shape index (κ1) is 21.3. The van der Waals surface area contributed by atoms with E-state index in [1.165, 1.54) is 0 Å². The number of ketones is 1. The molecule has 1 amide bonds. The van der Waals surface area contributed by atoms with Crippen LogP contribution in [0.3, 0.4) is 0 Å². The molecule has 7 nitrogen and oxygen atoms in total. The summed E-state index contributed by atoms with van der Waals surface area (Å²) in [5, 5.41) is 6.81. The van der Waals surface area contributed by atoms with Gasteiger partial charge in [0.25, 0.3) is 0 Å². The van der Waals surface area contributed by atoms with Gasteiger partial charge in [0.05, 0.1) is 6.42 Å². The highest BCUT2D eigenvalue weighted by atomic mass is 16.5. The highest BCUT2D eigenvalue weighted by Gasteiger charge is 2.37. The number of carbonyl (C=O) groups excluding carboxylic acids is 2. The number of nitrogens with one attached hydrogen (secondary N) is 1. The molecule has 2 heterocycles. The molecule has 2 aromatic heterocycles. The van der Waals surface area contributed by atoms with E-state index in [9.17, 15) is 9.59 Å². The third-order valence-corrected chi connectivity index (χ3v) is 5.65. The summed E-state index contributed by atoms with van der Waals surface area (Å²) in [4.78, 5) is 30.0. The minimum Gasteiger partial charge on any atom is -0.348 e. The fraction of sp³-hybridized carbons (Fsp3) is 0.636. The summed E-state index contributed by atoms with van der Waals surface area (Å²) < 4.78 is 7.47. The average molecular weight is 401 g/mol. The number of aromatic nitrogens is 3. The fourth-order valence-corrected chi connectivity index (χ4v) is 4.25. The maximum atomic E-state index is 13.0. The van der Waals surface area contributed by atoms with E-state index in [1.54, 1.807) is 0 Å². The van der Waals surface area contributed by atoms with Gasteiger partial charge in [-0.25, -0.2) is 0 Å². The lowest BCUT2D eigenvalue weighted by Crippen LogP contribution is -2.30. The van der Waals surface area contributed by atoms with Gasteiger partial charge in [-0.15, -0.1) is 0 Å². The lowest BCUT2D eigenvalue weighted by Gasteiger charge is -2.30. The number of aryl methyl sites for hydroxylation is 1. The molecular weight excluding hydrogens is 368 g/mol. The molecule has 158 valence electrons. The first-order chi connectivity index (χ1) is 13.7. The standard InChI is InChI=1S/C22H32N4O3/c1-7-9-26-14(4)15(20-16(26)11-22(5,6)12-17(20)27)10-19(28)23-13(3)21-24-18(8-2)25-29-21/h13H,7-12H2,1-6H3,(H,23,28). The van der Waals surface area contributed by atoms with Gasteiger partial charge < -0.3 is 14.4 Å². The van der Waals surface area contributed by atoms with Crippen molar-refractivity contribution in [3.05, 3.63) is 34.2 Å². The van der Waals surface area contributed by atoms with E-state index in [2.05, 4.69) is 40.8 Å². The van der Waals surface area contributed by atoms with Crippen LogP contribution in [0.2, 0.25) is 0 Å². The van der Waals surface area contributed by atoms with Gasteiger partial charge in [0.2, 0.25) is 11.8 Å². The second-order valence-electron chi connectivity index (χ2n) is 8.85. The van der Waals surface area contributed by atoms with Gasteiger partial charge in [-0.3, -0.25) is 9.59 Å². The molecule has 1 aliphatic carbocycles. The van der Waals surface area contributed by atoms with Gasteiger partial charge in [-0.1, -0.05) is 32.9 Å². The molecule has 0 aromatic carbocycles. The molecular formula is C22H32N4O3. The highest BCUT2D eigenvalue weighted by Crippen LogP contribution is 2.39. The molecule has 0 spiro atoms. The Morgan fingerprint density at radius 1 is 1.31 bits per heavy atom. The molecule has 29 heavy (non-hydrogen) atoms. The van der Waals surface area contributed by atoms with E-state index in [-0.39, 0.29) is 29.6 Å². The molecule has 3 rings (SSSR count). The predicted octanol–water partition coefficient (Wildman–Crippen LogP) is 3.73. The number of amides is 1. The van der Waals surface area contributed by atoms with E-state index >= 15 is 0 Å². The van der Waals surface area contributed by atoms with E-state index in [4.69, 9.17) is 4.52 Å². The van der Waals surface area contributed by atoms with Crippen LogP contribution in [0, 0.1) is 12.3 Å². The molecule has 0 saturated carbocycles. The molecule has 0 aliphatic heterocycles. The third-order valence-electron chi connectivity index (χ3n) is 5.65. The summed E-state index contributed by atoms with van der Waals surface area (Å²) in [6, 6.07) is -0.376. The van der Waals surface area contributed by atoms with Crippen LogP contribution in [0.1, 0.15) is 92.5 Å². The van der Waals surface area contributed by atoms with Crippen molar-refractivity contribution < 1.29 is 14.1 Å². The highest BCUT2D eigenvalue weighted by molar-refractivity contribution is 6.01. The van der Waals surface area contributed by atoms with Gasteiger partial charge in [-0.2, -0.15) is 4.98 Å². The number of nitrogens with zero attached hydrogens (tertiary/aromatic N) is 3. The number of hydrogen-bond donors (Lipinski definition) is 1. The Labute approximate surface area is 172 Å². The lowest BCUT2D eigenvalue weighted by atomic mass is 9.75. The number of rotatable bonds is 7. The van der Waals surface area contributed by atoms with Gasteiger partial charge in [0, 0.05) is 36.3 Å². The Bertz CT molecular complexity index is 923. The maximum Gasteiger partial charge on any atom is 0.248 e. The van der Waals surface area contributed by atoms with Crippen LogP contribution in [0.4, 0.5) is 0 Å². The molecule has 0 fully saturated rings. The summed E-state index contributed by atoms with van der Waals surface area (Å²) in [6.45, 7) is 13.0. The van der Waals surface area contributed by atoms with Crippen LogP contribution >= 0.6 is 0 Å². The second kappa shape index (κ2) is 8.13. The maximum absolute atomic E-state index is 13.0. The SMILES string of the molecule is CCCn1c(C)c(CC(=O)NC(C)c2nc(CC)no2)c2c1CC(C)(C)CC2=O. The van der Waals surface area contributed by atoms with Crippen molar-refractivity contribution in [2.45, 2.75) is 86.2 Å². The van der Waals surface area contributed by atoms with E-state index in [1.807, 2.05) is 20.8 Å². The zero-order chi connectivity index (χ0) is 21.3. The van der Waals surface area contributed by atoms with Crippen molar-refractivity contribution in [3.63, 3.8) is 0 Å². The predicted molar refractivity (Wildman–Crippen MR) is 110 cm³/mol. The van der Waals surface area contributed by atoms with Crippen molar-refractivity contribution in [3.8, 4) is 0 Å². The number of Topliss-reactive ketones (excluding diaryl/α,β-unsaturated/α-hetero) is 1. The Kier molecular flexibility index (Phi) is 5.96. The van der Waals surface area contributed by atoms with Gasteiger partial charge in [0.1, 0.15) is 6.04 Å². The van der Waals surface area contributed by atoms with Gasteiger partial charge in [-0.05, 0) is 37.7 Å². The third kappa shape index (κ3) is 4.28. The first-order valence-corrected chi connectivity index (χ1v) is 10.5. The smallest absolute Gasteiger partial charge is 0.248 e. The second-order valence-corrected chi connectivity index (χ2v) is 8.85. The topological polar surface area (TPSA) is 90.0 Å². The monoisotopic (exact) mass is 400 g/mol. The number of fused-ring (bicyclic) bond motifs is 1. The average Bonchev–Trinajstić information content (AvgIpc) is 3.20. The van der Waals surface area contributed by atoms with Gasteiger partial charge in [0.15, 0.2) is 11.6 Å². The molecule has 1 N–H and O–H groups in total. The Hall–Kier alpha value is -2.44. The summed E-state index contributed by atoms with van der Waals surface area (Å²) in [6.07, 6.45) is 3.21. The molecule has 2 aromatic rings. The van der Waals surface area contributed by atoms with Gasteiger partial charge >= 0.3 is 0 Å². The van der Waals surface area contributed by atoms with Crippen LogP contribution in [0.25, 0.3) is 0 Å². The van der Waals surface area contributed by atoms with Crippen LogP contribution in [0.5, 0.6) is 0 Å². The largest absolute Gasteiger partial charge is 0.348 e. The molecule has 7 heteroatoms. The van der Waals surface area contributed by atoms with E-state index < -0.39 is 0 Å². The normalized spacial score (nSPS) is 16.6. The summed E-state index contributed by atoms with van der Waals surface area (Å²) >= 11 is 0. The quantitative estimate of drug-likeness (QED) is 0.765. The fourth-order valence-electron chi connectivity index (χ4n) is 4.25. The summed E-state index contributed by atoms with van der Waals surface area (Å²) in [5.41, 5.74) is 3.69. The summed E-state index contributed by atoms with van der Waals surface area (Å²) in [7, 11) is 0. The zero-order valence-corrected chi connectivity index (χ0v) is 18.4. The van der Waals surface area contributed by atoms with E-state index in [0.29, 0.717) is 24.6 Å². The molecule has 1 unspecified atom stereocenters. The molecule has 0 radical (unpaired) electrons. The number of carbonyl (C=O) groups is 2. The van der Waals surface area contributed by atoms with Crippen molar-refractivity contribution in [1.82, 2.24) is 20.0 Å². The van der Waals surface area contributed by atoms with Crippen LogP contribution in [-0.2, 0) is 30.6 Å². The zero-order valence-electron chi connectivity index (χ0n) is 18.4. The van der Waals surface area contributed by atoms with Crippen LogP contribution in [0.15, 0.2) is 4.52 Å². The Balaban J connectivity index is 1.85. The molecule has 0 saturated heterocycles. The van der Waals surface area contributed by atoms with Crippen molar-refractivity contribution >= 4 is 11.7 Å². The molecule has 1 atom stereocenters. The van der Waals surface area contributed by atoms with Crippen LogP contribution < -0.4 is 5.32 Å². The molecule has 1 aliphatic rings. The number of hydrogen-bond acceptors (Lipinski definition) is 5. The minimum absolute atomic E-state index is 0.0522. The van der Waals surface area contributed by atoms with E-state index in [0.717, 1.165) is 41.9 Å². The lowest BCUT2D eigenvalue weighted by molar-refractivity contribution is -0.121. The van der Waals surface area contributed by atoms with Crippen molar-refractivity contribution in [1.29, 1.82) is 0 Å². The Morgan fingerprint density at radius 3 is 2.66 bits per heavy atom. The van der Waals surface area contributed by atoms with Crippen molar-refractivity contribution in [2.24, 2.45) is 5.41 Å². The van der Waals surface area contributed by atoms with Crippen molar-refractivity contribution in [2.75, 3.05) is 0 Å². The minimum atomic E-state index is -0.376. The Morgan fingerprint density at radius 2 is 2.03 bits per heavy atom. The molecule has 0 bridgehead atoms. The van der Waals surface area contributed by atoms with Crippen LogP contribution in [-0.4, -0.2) is 26.4 Å². The summed E-state index contributed by atoms with van der Waals surface area (Å²) in [5.74, 6) is 1.02. The first-order valence-electron chi connectivity index (χ1n) is 10.5.